The van der Waals surface area contributed by atoms with Crippen LogP contribution < -0.4 is 10.6 Å². The van der Waals surface area contributed by atoms with E-state index in [0.717, 1.165) is 18.2 Å². The number of hydrogen-bond donors (Lipinski definition) is 2. The fourth-order valence-electron chi connectivity index (χ4n) is 1.46. The van der Waals surface area contributed by atoms with Gasteiger partial charge in [0.05, 0.1) is 11.4 Å². The highest BCUT2D eigenvalue weighted by Crippen LogP contribution is 2.20. The fraction of sp³-hybridized carbons (Fsp3) is 0. The van der Waals surface area contributed by atoms with E-state index < -0.39 is 23.5 Å². The van der Waals surface area contributed by atoms with E-state index in [1.54, 1.807) is 0 Å². The normalized spacial score (nSPS) is 10.2. The lowest BCUT2D eigenvalue weighted by Crippen LogP contribution is -2.20. The van der Waals surface area contributed by atoms with Gasteiger partial charge in [-0.2, -0.15) is 0 Å². The first-order valence-electron chi connectivity index (χ1n) is 5.44. The highest BCUT2D eigenvalue weighted by Gasteiger charge is 2.10. The smallest absolute Gasteiger partial charge is 0.305 e. The number of urea groups is 1. The molecule has 0 saturated heterocycles. The molecule has 0 aromatic heterocycles. The average molecular weight is 301 g/mol. The molecule has 3 nitrogen and oxygen atoms in total. The highest BCUT2D eigenvalue weighted by atomic mass is 35.5. The monoisotopic (exact) mass is 300 g/mol. The number of halogens is 4. The molecule has 104 valence electrons. The Labute approximate surface area is 117 Å². The van der Waals surface area contributed by atoms with Crippen molar-refractivity contribution in [3.05, 3.63) is 58.9 Å². The zero-order chi connectivity index (χ0) is 14.7. The lowest BCUT2D eigenvalue weighted by Gasteiger charge is -2.09. The summed E-state index contributed by atoms with van der Waals surface area (Å²) in [6.07, 6.45) is 0. The van der Waals surface area contributed by atoms with Crippen LogP contribution in [-0.4, -0.2) is 6.03 Å². The maximum absolute atomic E-state index is 13.4. The van der Waals surface area contributed by atoms with Crippen LogP contribution in [0.5, 0.6) is 0 Å². The van der Waals surface area contributed by atoms with Crippen LogP contribution in [0.2, 0.25) is 5.02 Å². The molecule has 0 heterocycles. The van der Waals surface area contributed by atoms with Gasteiger partial charge in [0.15, 0.2) is 0 Å². The van der Waals surface area contributed by atoms with Gasteiger partial charge in [-0.3, -0.25) is 0 Å². The largest absolute Gasteiger partial charge is 0.323 e. The molecule has 0 aliphatic heterocycles. The summed E-state index contributed by atoms with van der Waals surface area (Å²) in [4.78, 5) is 11.6. The third kappa shape index (κ3) is 3.42. The molecule has 2 aromatic rings. The molecule has 2 amide bonds. The van der Waals surface area contributed by atoms with Crippen LogP contribution in [0.15, 0.2) is 36.4 Å². The van der Waals surface area contributed by atoms with Crippen LogP contribution in [0.25, 0.3) is 0 Å². The van der Waals surface area contributed by atoms with Crippen molar-refractivity contribution >= 4 is 29.0 Å². The minimum Gasteiger partial charge on any atom is -0.305 e. The molecule has 20 heavy (non-hydrogen) atoms. The number of benzene rings is 2. The molecule has 0 spiro atoms. The van der Waals surface area contributed by atoms with Crippen LogP contribution in [0.1, 0.15) is 0 Å². The molecule has 0 bridgehead atoms. The Morgan fingerprint density at radius 3 is 2.00 bits per heavy atom. The Kier molecular flexibility index (Phi) is 4.14. The van der Waals surface area contributed by atoms with Gasteiger partial charge in [0, 0.05) is 11.1 Å². The summed E-state index contributed by atoms with van der Waals surface area (Å²) in [6, 6.07) is 5.48. The second-order valence-corrected chi connectivity index (χ2v) is 4.26. The number of carbonyl (C=O) groups excluding carboxylic acids is 1. The van der Waals surface area contributed by atoms with E-state index in [4.69, 9.17) is 11.6 Å². The Hall–Kier alpha value is -2.21. The summed E-state index contributed by atoms with van der Waals surface area (Å²) in [5.41, 5.74) is -0.340. The zero-order valence-electron chi connectivity index (χ0n) is 9.88. The topological polar surface area (TPSA) is 41.1 Å². The molecule has 0 saturated carbocycles. The predicted octanol–water partition coefficient (Wildman–Crippen LogP) is 4.40. The lowest BCUT2D eigenvalue weighted by molar-refractivity contribution is 0.262. The molecule has 2 aromatic carbocycles. The second kappa shape index (κ2) is 5.83. The van der Waals surface area contributed by atoms with Crippen LogP contribution in [0, 0.1) is 17.5 Å². The minimum atomic E-state index is -0.934. The first kappa shape index (κ1) is 14.2. The highest BCUT2D eigenvalue weighted by molar-refractivity contribution is 6.30. The maximum atomic E-state index is 13.4. The van der Waals surface area contributed by atoms with Gasteiger partial charge in [0.25, 0.3) is 0 Å². The van der Waals surface area contributed by atoms with E-state index in [9.17, 15) is 18.0 Å². The van der Waals surface area contributed by atoms with E-state index in [1.807, 2.05) is 0 Å². The molecular formula is C13H8ClF3N2O. The van der Waals surface area contributed by atoms with E-state index in [-0.39, 0.29) is 16.4 Å². The maximum Gasteiger partial charge on any atom is 0.323 e. The first-order chi connectivity index (χ1) is 9.45. The van der Waals surface area contributed by atoms with Gasteiger partial charge in [0.2, 0.25) is 0 Å². The number of carbonyl (C=O) groups is 1. The summed E-state index contributed by atoms with van der Waals surface area (Å²) in [6.45, 7) is 0. The lowest BCUT2D eigenvalue weighted by atomic mass is 10.3. The molecule has 0 aliphatic carbocycles. The predicted molar refractivity (Wildman–Crippen MR) is 70.4 cm³/mol. The van der Waals surface area contributed by atoms with Crippen LogP contribution in [0.3, 0.4) is 0 Å². The minimum absolute atomic E-state index is 0.116. The van der Waals surface area contributed by atoms with E-state index in [2.05, 4.69) is 10.6 Å². The quantitative estimate of drug-likeness (QED) is 0.848. The Balaban J connectivity index is 2.09. The molecule has 2 rings (SSSR count). The third-order valence-corrected chi connectivity index (χ3v) is 2.59. The van der Waals surface area contributed by atoms with Gasteiger partial charge in [-0.1, -0.05) is 11.6 Å². The first-order valence-corrected chi connectivity index (χ1v) is 5.81. The SMILES string of the molecule is O=C(Nc1ccc(F)cc1F)Nc1ccc(Cl)cc1F. The third-order valence-electron chi connectivity index (χ3n) is 2.36. The van der Waals surface area contributed by atoms with Crippen LogP contribution in [-0.2, 0) is 0 Å². The van der Waals surface area contributed by atoms with Crippen LogP contribution in [0.4, 0.5) is 29.3 Å². The van der Waals surface area contributed by atoms with Crippen molar-refractivity contribution in [3.63, 3.8) is 0 Å². The Bertz CT molecular complexity index is 609. The number of hydrogen-bond acceptors (Lipinski definition) is 1. The van der Waals surface area contributed by atoms with Crippen molar-refractivity contribution in [1.82, 2.24) is 0 Å². The van der Waals surface area contributed by atoms with Gasteiger partial charge < -0.3 is 10.6 Å². The van der Waals surface area contributed by atoms with Crippen molar-refractivity contribution in [2.45, 2.75) is 0 Å². The molecule has 7 heteroatoms. The number of rotatable bonds is 2. The Morgan fingerprint density at radius 1 is 0.900 bits per heavy atom. The zero-order valence-corrected chi connectivity index (χ0v) is 10.6. The fourth-order valence-corrected chi connectivity index (χ4v) is 1.62. The summed E-state index contributed by atoms with van der Waals surface area (Å²) in [7, 11) is 0. The molecule has 0 unspecified atom stereocenters. The number of amides is 2. The molecular weight excluding hydrogens is 293 g/mol. The van der Waals surface area contributed by atoms with Gasteiger partial charge in [0.1, 0.15) is 17.5 Å². The van der Waals surface area contributed by atoms with Crippen molar-refractivity contribution < 1.29 is 18.0 Å². The average Bonchev–Trinajstić information content (AvgIpc) is 2.36. The molecule has 0 aliphatic rings. The summed E-state index contributed by atoms with van der Waals surface area (Å²) >= 11 is 5.57. The van der Waals surface area contributed by atoms with E-state index in [1.165, 1.54) is 12.1 Å². The van der Waals surface area contributed by atoms with Crippen molar-refractivity contribution in [3.8, 4) is 0 Å². The summed E-state index contributed by atoms with van der Waals surface area (Å²) in [5, 5.41) is 4.50. The second-order valence-electron chi connectivity index (χ2n) is 3.83. The van der Waals surface area contributed by atoms with Crippen molar-refractivity contribution in [2.75, 3.05) is 10.6 Å². The van der Waals surface area contributed by atoms with E-state index >= 15 is 0 Å². The van der Waals surface area contributed by atoms with Gasteiger partial charge in [-0.25, -0.2) is 18.0 Å². The summed E-state index contributed by atoms with van der Waals surface area (Å²) in [5.74, 6) is -2.43. The molecule has 0 fully saturated rings. The van der Waals surface area contributed by atoms with E-state index in [0.29, 0.717) is 6.07 Å². The Morgan fingerprint density at radius 2 is 1.45 bits per heavy atom. The van der Waals surface area contributed by atoms with Crippen molar-refractivity contribution in [2.24, 2.45) is 0 Å². The summed E-state index contributed by atoms with van der Waals surface area (Å²) < 4.78 is 39.4. The van der Waals surface area contributed by atoms with Gasteiger partial charge >= 0.3 is 6.03 Å². The molecule has 0 atom stereocenters. The van der Waals surface area contributed by atoms with Crippen molar-refractivity contribution in [1.29, 1.82) is 0 Å². The molecule has 0 radical (unpaired) electrons. The molecule has 2 N–H and O–H groups in total. The number of nitrogens with one attached hydrogen (secondary N) is 2. The number of anilines is 2. The van der Waals surface area contributed by atoms with Gasteiger partial charge in [-0.15, -0.1) is 0 Å². The van der Waals surface area contributed by atoms with Crippen LogP contribution >= 0.6 is 11.6 Å². The van der Waals surface area contributed by atoms with Gasteiger partial charge in [-0.05, 0) is 30.3 Å². The standard InChI is InChI=1S/C13H8ClF3N2O/c14-7-1-3-11(9(16)5-7)18-13(20)19-12-4-2-8(15)6-10(12)17/h1-6H,(H2,18,19,20).